The summed E-state index contributed by atoms with van der Waals surface area (Å²) in [4.78, 5) is 38.4. The van der Waals surface area contributed by atoms with Crippen molar-refractivity contribution in [2.75, 3.05) is 13.2 Å². The van der Waals surface area contributed by atoms with Crippen LogP contribution in [0.4, 0.5) is 0 Å². The molecule has 0 saturated heterocycles. The van der Waals surface area contributed by atoms with Crippen LogP contribution < -0.4 is 0 Å². The van der Waals surface area contributed by atoms with Gasteiger partial charge >= 0.3 is 17.9 Å². The second-order valence-corrected chi connectivity index (χ2v) is 23.4. The van der Waals surface area contributed by atoms with Gasteiger partial charge in [0.2, 0.25) is 0 Å². The lowest BCUT2D eigenvalue weighted by molar-refractivity contribution is -0.167. The Kier molecular flexibility index (Phi) is 65.7. The number of rotatable bonds is 64. The van der Waals surface area contributed by atoms with Crippen LogP contribution in [-0.2, 0) is 28.6 Å². The molecule has 0 aliphatic rings. The summed E-state index contributed by atoms with van der Waals surface area (Å²) >= 11 is 0. The van der Waals surface area contributed by atoms with Gasteiger partial charge in [-0.25, -0.2) is 0 Å². The summed E-state index contributed by atoms with van der Waals surface area (Å²) in [5.41, 5.74) is 0. The first-order valence-electron chi connectivity index (χ1n) is 34.9. The predicted octanol–water partition coefficient (Wildman–Crippen LogP) is 24.1. The van der Waals surface area contributed by atoms with Gasteiger partial charge in [-0.15, -0.1) is 0 Å². The Morgan fingerprint density at radius 1 is 0.250 bits per heavy atom. The van der Waals surface area contributed by atoms with Crippen molar-refractivity contribution >= 4 is 17.9 Å². The van der Waals surface area contributed by atoms with E-state index in [9.17, 15) is 14.4 Å². The van der Waals surface area contributed by atoms with E-state index in [0.717, 1.165) is 89.9 Å². The molecule has 0 spiro atoms. The molecule has 0 aliphatic heterocycles. The normalized spacial score (nSPS) is 12.5. The fraction of sp³-hybridized carbons (Fsp3) is 0.797. The molecular weight excluding hydrogens is 985 g/mol. The fourth-order valence-corrected chi connectivity index (χ4v) is 10.1. The van der Waals surface area contributed by atoms with Crippen molar-refractivity contribution in [3.63, 3.8) is 0 Å². The summed E-state index contributed by atoms with van der Waals surface area (Å²) in [7, 11) is 0. The highest BCUT2D eigenvalue weighted by atomic mass is 16.6. The Balaban J connectivity index is 4.25. The van der Waals surface area contributed by atoms with Gasteiger partial charge in [0.05, 0.1) is 0 Å². The topological polar surface area (TPSA) is 78.9 Å². The van der Waals surface area contributed by atoms with Crippen molar-refractivity contribution in [1.29, 1.82) is 0 Å². The number of hydrogen-bond donors (Lipinski definition) is 0. The van der Waals surface area contributed by atoms with Crippen LogP contribution in [0.3, 0.4) is 0 Å². The summed E-state index contributed by atoms with van der Waals surface area (Å²) in [5, 5.41) is 0. The van der Waals surface area contributed by atoms with Gasteiger partial charge in [-0.3, -0.25) is 14.4 Å². The van der Waals surface area contributed by atoms with E-state index in [-0.39, 0.29) is 31.1 Å². The summed E-state index contributed by atoms with van der Waals surface area (Å²) in [6.07, 6.45) is 89.3. The second-order valence-electron chi connectivity index (χ2n) is 23.4. The van der Waals surface area contributed by atoms with Crippen molar-refractivity contribution in [2.45, 2.75) is 367 Å². The van der Waals surface area contributed by atoms with E-state index >= 15 is 0 Å². The summed E-state index contributed by atoms with van der Waals surface area (Å²) in [5.74, 6) is -0.878. The second kappa shape index (κ2) is 68.3. The van der Waals surface area contributed by atoms with E-state index in [0.29, 0.717) is 19.3 Å². The molecule has 0 N–H and O–H groups in total. The quantitative estimate of drug-likeness (QED) is 0.0261. The first kappa shape index (κ1) is 76.9. The van der Waals surface area contributed by atoms with Crippen LogP contribution in [0, 0.1) is 0 Å². The van der Waals surface area contributed by atoms with Gasteiger partial charge < -0.3 is 14.2 Å². The Morgan fingerprint density at radius 2 is 0.450 bits per heavy atom. The molecule has 1 unspecified atom stereocenters. The number of hydrogen-bond acceptors (Lipinski definition) is 6. The third-order valence-corrected chi connectivity index (χ3v) is 15.4. The average Bonchev–Trinajstić information content (AvgIpc) is 3.46. The minimum Gasteiger partial charge on any atom is -0.462 e. The molecule has 0 saturated carbocycles. The fourth-order valence-electron chi connectivity index (χ4n) is 10.1. The highest BCUT2D eigenvalue weighted by Crippen LogP contribution is 2.17. The van der Waals surface area contributed by atoms with Crippen molar-refractivity contribution < 1.29 is 28.6 Å². The molecule has 0 aromatic carbocycles. The molecule has 1 atom stereocenters. The Labute approximate surface area is 497 Å². The molecule has 0 fully saturated rings. The van der Waals surface area contributed by atoms with E-state index in [1.54, 1.807) is 0 Å². The maximum atomic E-state index is 12.9. The average molecular weight is 1120 g/mol. The van der Waals surface area contributed by atoms with Gasteiger partial charge in [-0.2, -0.15) is 0 Å². The number of unbranched alkanes of at least 4 members (excludes halogenated alkanes) is 41. The van der Waals surface area contributed by atoms with E-state index in [4.69, 9.17) is 14.2 Å². The molecule has 0 heterocycles. The van der Waals surface area contributed by atoms with Crippen LogP contribution >= 0.6 is 0 Å². The van der Waals surface area contributed by atoms with Gasteiger partial charge in [-0.1, -0.05) is 299 Å². The van der Waals surface area contributed by atoms with Crippen LogP contribution in [-0.4, -0.2) is 37.2 Å². The Hall–Kier alpha value is -3.15. The van der Waals surface area contributed by atoms with Crippen LogP contribution in [0.2, 0.25) is 0 Å². The van der Waals surface area contributed by atoms with Crippen molar-refractivity contribution in [1.82, 2.24) is 0 Å². The summed E-state index contributed by atoms with van der Waals surface area (Å²) in [6, 6.07) is 0. The van der Waals surface area contributed by atoms with E-state index < -0.39 is 6.10 Å². The number of carbonyl (C=O) groups is 3. The van der Waals surface area contributed by atoms with Crippen molar-refractivity contribution in [2.24, 2.45) is 0 Å². The molecule has 6 heteroatoms. The van der Waals surface area contributed by atoms with E-state index in [1.807, 2.05) is 0 Å². The molecule has 0 radical (unpaired) electrons. The molecule has 6 nitrogen and oxygen atoms in total. The minimum absolute atomic E-state index is 0.0788. The summed E-state index contributed by atoms with van der Waals surface area (Å²) < 4.78 is 17.0. The lowest BCUT2D eigenvalue weighted by atomic mass is 10.0. The van der Waals surface area contributed by atoms with E-state index in [2.05, 4.69) is 93.7 Å². The number of esters is 3. The van der Waals surface area contributed by atoms with Crippen LogP contribution in [0.1, 0.15) is 361 Å². The highest BCUT2D eigenvalue weighted by Gasteiger charge is 2.19. The predicted molar refractivity (Wildman–Crippen MR) is 348 cm³/mol. The molecule has 0 rings (SSSR count). The van der Waals surface area contributed by atoms with Crippen LogP contribution in [0.15, 0.2) is 72.9 Å². The zero-order valence-corrected chi connectivity index (χ0v) is 53.3. The molecule has 0 aliphatic carbocycles. The third kappa shape index (κ3) is 65.7. The summed E-state index contributed by atoms with van der Waals surface area (Å²) in [6.45, 7) is 6.63. The number of carbonyl (C=O) groups excluding carboxylic acids is 3. The number of allylic oxidation sites excluding steroid dienone is 12. The first-order chi connectivity index (χ1) is 39.5. The van der Waals surface area contributed by atoms with Crippen LogP contribution in [0.5, 0.6) is 0 Å². The lowest BCUT2D eigenvalue weighted by Gasteiger charge is -2.18. The smallest absolute Gasteiger partial charge is 0.306 e. The zero-order chi connectivity index (χ0) is 57.8. The molecule has 0 bridgehead atoms. The van der Waals surface area contributed by atoms with Crippen LogP contribution in [0.25, 0.3) is 0 Å². The highest BCUT2D eigenvalue weighted by molar-refractivity contribution is 5.71. The largest absolute Gasteiger partial charge is 0.462 e. The zero-order valence-electron chi connectivity index (χ0n) is 53.3. The first-order valence-corrected chi connectivity index (χ1v) is 34.9. The van der Waals surface area contributed by atoms with Crippen molar-refractivity contribution in [3.05, 3.63) is 72.9 Å². The maximum absolute atomic E-state index is 12.9. The Bertz CT molecular complexity index is 1470. The monoisotopic (exact) mass is 1120 g/mol. The molecule has 80 heavy (non-hydrogen) atoms. The third-order valence-electron chi connectivity index (χ3n) is 15.4. The maximum Gasteiger partial charge on any atom is 0.306 e. The van der Waals surface area contributed by atoms with Gasteiger partial charge in [0.15, 0.2) is 6.10 Å². The molecule has 0 aromatic rings. The molecule has 0 amide bonds. The van der Waals surface area contributed by atoms with Crippen molar-refractivity contribution in [3.8, 4) is 0 Å². The standard InChI is InChI=1S/C74H132O6/c1-4-7-10-13-16-19-22-25-27-29-31-33-35-36-37-38-40-41-43-45-47-49-52-55-58-61-64-67-73(76)79-70-71(69-78-72(75)66-63-60-57-54-51-24-21-18-15-12-9-6-3)80-74(77)68-65-62-59-56-53-50-48-46-44-42-39-34-32-30-28-26-23-20-17-14-11-8-5-2/h18,21-23,25-26,29-32,39,42,71H,4-17,19-20,24,27-28,33-38,40-41,43-70H2,1-3H3/b21-18-,25-22-,26-23-,31-29-,32-30-,42-39-. The molecule has 464 valence electrons. The lowest BCUT2D eigenvalue weighted by Crippen LogP contribution is -2.30. The van der Waals surface area contributed by atoms with Gasteiger partial charge in [0.1, 0.15) is 13.2 Å². The van der Waals surface area contributed by atoms with Gasteiger partial charge in [-0.05, 0) is 116 Å². The minimum atomic E-state index is -0.784. The number of ether oxygens (including phenoxy) is 3. The van der Waals surface area contributed by atoms with E-state index in [1.165, 1.54) is 231 Å². The van der Waals surface area contributed by atoms with Gasteiger partial charge in [0, 0.05) is 19.3 Å². The van der Waals surface area contributed by atoms with Gasteiger partial charge in [0.25, 0.3) is 0 Å². The molecule has 0 aromatic heterocycles. The Morgan fingerprint density at radius 3 is 0.738 bits per heavy atom. The molecular formula is C74H132O6. The SMILES string of the molecule is CCCCC/C=C\CCCCCCCC(=O)OCC(COC(=O)CCCCCCCCCCCCCCCCC/C=C\C/C=C\CCCCCCC)OC(=O)CCCCCCCCCC/C=C\C/C=C\C/C=C\CCCCCCC.